The molecule has 0 radical (unpaired) electrons. The zero-order valence-electron chi connectivity index (χ0n) is 10.8. The summed E-state index contributed by atoms with van der Waals surface area (Å²) in [6.45, 7) is 1.56. The van der Waals surface area contributed by atoms with E-state index in [0.29, 0.717) is 11.9 Å². The second-order valence-corrected chi connectivity index (χ2v) is 5.16. The Hall–Kier alpha value is -1.91. The molecule has 1 unspecified atom stereocenters. The lowest BCUT2D eigenvalue weighted by Gasteiger charge is -2.41. The van der Waals surface area contributed by atoms with Crippen LogP contribution in [0.4, 0.5) is 5.82 Å². The molecule has 1 atom stereocenters. The smallest absolute Gasteiger partial charge is 0.226 e. The molecule has 0 bridgehead atoms. The van der Waals surface area contributed by atoms with E-state index < -0.39 is 0 Å². The predicted molar refractivity (Wildman–Crippen MR) is 72.5 cm³/mol. The quantitative estimate of drug-likeness (QED) is 0.834. The molecule has 100 valence electrons. The van der Waals surface area contributed by atoms with Crippen LogP contribution in [0.3, 0.4) is 0 Å². The van der Waals surface area contributed by atoms with E-state index in [2.05, 4.69) is 27.4 Å². The average molecular weight is 258 g/mol. The van der Waals surface area contributed by atoms with Crippen LogP contribution >= 0.6 is 0 Å². The highest BCUT2D eigenvalue weighted by Crippen LogP contribution is 2.23. The van der Waals surface area contributed by atoms with Crippen LogP contribution in [0.15, 0.2) is 30.7 Å². The molecule has 5 nitrogen and oxygen atoms in total. The number of rotatable bonds is 3. The van der Waals surface area contributed by atoms with Crippen molar-refractivity contribution in [3.63, 3.8) is 0 Å². The molecule has 1 aromatic heterocycles. The summed E-state index contributed by atoms with van der Waals surface area (Å²) in [5.41, 5.74) is 0. The zero-order chi connectivity index (χ0) is 13.1. The lowest BCUT2D eigenvalue weighted by atomic mass is 9.91. The number of likely N-dealkylation sites (tertiary alicyclic amines) is 1. The number of nitrogens with one attached hydrogen (secondary N) is 1. The van der Waals surface area contributed by atoms with Crippen LogP contribution < -0.4 is 5.32 Å². The molecule has 1 aliphatic heterocycles. The SMILES string of the molecule is O=C(C1CC=CCC1)N1CC(Nc2ccncn2)C1. The number of nitrogens with zero attached hydrogens (tertiary/aromatic N) is 3. The highest BCUT2D eigenvalue weighted by atomic mass is 16.2. The standard InChI is InChI=1S/C14H18N4O/c19-14(11-4-2-1-3-5-11)18-8-12(9-18)17-13-6-7-15-10-16-13/h1-2,6-7,10-12H,3-5,8-9H2,(H,15,16,17). The fraction of sp³-hybridized carbons (Fsp3) is 0.500. The van der Waals surface area contributed by atoms with Gasteiger partial charge in [0, 0.05) is 25.2 Å². The van der Waals surface area contributed by atoms with Gasteiger partial charge in [0.2, 0.25) is 5.91 Å². The van der Waals surface area contributed by atoms with Crippen molar-refractivity contribution in [3.8, 4) is 0 Å². The van der Waals surface area contributed by atoms with Gasteiger partial charge in [0.05, 0.1) is 6.04 Å². The molecule has 19 heavy (non-hydrogen) atoms. The van der Waals surface area contributed by atoms with E-state index in [4.69, 9.17) is 0 Å². The van der Waals surface area contributed by atoms with E-state index in [1.807, 2.05) is 11.0 Å². The summed E-state index contributed by atoms with van der Waals surface area (Å²) < 4.78 is 0. The minimum Gasteiger partial charge on any atom is -0.364 e. The Morgan fingerprint density at radius 3 is 2.95 bits per heavy atom. The Morgan fingerprint density at radius 1 is 1.37 bits per heavy atom. The molecule has 1 amide bonds. The van der Waals surface area contributed by atoms with Gasteiger partial charge in [-0.1, -0.05) is 12.2 Å². The molecular weight excluding hydrogens is 240 g/mol. The van der Waals surface area contributed by atoms with Crippen molar-refractivity contribution >= 4 is 11.7 Å². The van der Waals surface area contributed by atoms with Crippen molar-refractivity contribution < 1.29 is 4.79 Å². The maximum Gasteiger partial charge on any atom is 0.226 e. The van der Waals surface area contributed by atoms with Gasteiger partial charge in [0.25, 0.3) is 0 Å². The third-order valence-corrected chi connectivity index (χ3v) is 3.75. The number of aromatic nitrogens is 2. The topological polar surface area (TPSA) is 58.1 Å². The van der Waals surface area contributed by atoms with E-state index >= 15 is 0 Å². The van der Waals surface area contributed by atoms with Gasteiger partial charge in [0.1, 0.15) is 12.1 Å². The van der Waals surface area contributed by atoms with E-state index in [1.54, 1.807) is 6.20 Å². The second-order valence-electron chi connectivity index (χ2n) is 5.16. The largest absolute Gasteiger partial charge is 0.364 e. The van der Waals surface area contributed by atoms with E-state index in [9.17, 15) is 4.79 Å². The van der Waals surface area contributed by atoms with Crippen molar-refractivity contribution in [1.29, 1.82) is 0 Å². The molecule has 1 aliphatic carbocycles. The Balaban J connectivity index is 1.47. The van der Waals surface area contributed by atoms with Gasteiger partial charge in [-0.25, -0.2) is 9.97 Å². The highest BCUT2D eigenvalue weighted by Gasteiger charge is 2.34. The number of hydrogen-bond donors (Lipinski definition) is 1. The van der Waals surface area contributed by atoms with Crippen LogP contribution in [0.5, 0.6) is 0 Å². The molecule has 5 heteroatoms. The van der Waals surface area contributed by atoms with Gasteiger partial charge < -0.3 is 10.2 Å². The van der Waals surface area contributed by atoms with Crippen molar-refractivity contribution in [2.24, 2.45) is 5.92 Å². The number of carbonyl (C=O) groups is 1. The van der Waals surface area contributed by atoms with Crippen molar-refractivity contribution in [2.45, 2.75) is 25.3 Å². The minimum atomic E-state index is 0.199. The van der Waals surface area contributed by atoms with E-state index in [-0.39, 0.29) is 5.92 Å². The molecule has 2 aliphatic rings. The molecule has 0 aromatic carbocycles. The molecule has 1 fully saturated rings. The monoisotopic (exact) mass is 258 g/mol. The van der Waals surface area contributed by atoms with Crippen LogP contribution in [0.1, 0.15) is 19.3 Å². The first kappa shape index (κ1) is 12.1. The van der Waals surface area contributed by atoms with Crippen LogP contribution in [0.25, 0.3) is 0 Å². The van der Waals surface area contributed by atoms with Gasteiger partial charge >= 0.3 is 0 Å². The average Bonchev–Trinajstić information content (AvgIpc) is 2.44. The van der Waals surface area contributed by atoms with Gasteiger partial charge in [-0.15, -0.1) is 0 Å². The summed E-state index contributed by atoms with van der Waals surface area (Å²) in [4.78, 5) is 22.2. The summed E-state index contributed by atoms with van der Waals surface area (Å²) in [7, 11) is 0. The Labute approximate surface area is 112 Å². The molecule has 0 saturated carbocycles. The van der Waals surface area contributed by atoms with Crippen LogP contribution in [0, 0.1) is 5.92 Å². The first-order valence-corrected chi connectivity index (χ1v) is 6.79. The Kier molecular flexibility index (Phi) is 3.44. The molecule has 3 rings (SSSR count). The fourth-order valence-corrected chi connectivity index (χ4v) is 2.61. The normalized spacial score (nSPS) is 22.9. The van der Waals surface area contributed by atoms with Crippen LogP contribution in [0.2, 0.25) is 0 Å². The van der Waals surface area contributed by atoms with Crippen LogP contribution in [-0.2, 0) is 4.79 Å². The predicted octanol–water partition coefficient (Wildman–Crippen LogP) is 1.46. The summed E-state index contributed by atoms with van der Waals surface area (Å²) >= 11 is 0. The lowest BCUT2D eigenvalue weighted by Crippen LogP contribution is -2.58. The molecule has 0 spiro atoms. The second kappa shape index (κ2) is 5.38. The van der Waals surface area contributed by atoms with Gasteiger partial charge in [-0.3, -0.25) is 4.79 Å². The maximum absolute atomic E-state index is 12.2. The fourth-order valence-electron chi connectivity index (χ4n) is 2.61. The molecule has 2 heterocycles. The number of amides is 1. The Morgan fingerprint density at radius 2 is 2.26 bits per heavy atom. The van der Waals surface area contributed by atoms with Gasteiger partial charge in [-0.2, -0.15) is 0 Å². The number of hydrogen-bond acceptors (Lipinski definition) is 4. The van der Waals surface area contributed by atoms with E-state index in [0.717, 1.165) is 38.2 Å². The highest BCUT2D eigenvalue weighted by molar-refractivity contribution is 5.80. The lowest BCUT2D eigenvalue weighted by molar-refractivity contribution is -0.139. The van der Waals surface area contributed by atoms with Crippen molar-refractivity contribution in [3.05, 3.63) is 30.7 Å². The summed E-state index contributed by atoms with van der Waals surface area (Å²) in [5.74, 6) is 1.34. The zero-order valence-corrected chi connectivity index (χ0v) is 10.8. The number of allylic oxidation sites excluding steroid dienone is 2. The molecule has 1 saturated heterocycles. The molecular formula is C14H18N4O. The molecule has 1 aromatic rings. The first-order valence-electron chi connectivity index (χ1n) is 6.79. The minimum absolute atomic E-state index is 0.199. The van der Waals surface area contributed by atoms with Crippen molar-refractivity contribution in [1.82, 2.24) is 14.9 Å². The summed E-state index contributed by atoms with van der Waals surface area (Å²) in [6.07, 6.45) is 10.5. The summed E-state index contributed by atoms with van der Waals surface area (Å²) in [6, 6.07) is 2.16. The van der Waals surface area contributed by atoms with Crippen molar-refractivity contribution in [2.75, 3.05) is 18.4 Å². The number of carbonyl (C=O) groups excluding carboxylic acids is 1. The van der Waals surface area contributed by atoms with E-state index in [1.165, 1.54) is 6.33 Å². The first-order chi connectivity index (χ1) is 9.33. The summed E-state index contributed by atoms with van der Waals surface area (Å²) in [5, 5.41) is 3.31. The van der Waals surface area contributed by atoms with Gasteiger partial charge in [0.15, 0.2) is 0 Å². The third kappa shape index (κ3) is 2.75. The molecule has 1 N–H and O–H groups in total. The third-order valence-electron chi connectivity index (χ3n) is 3.75. The van der Waals surface area contributed by atoms with Crippen LogP contribution in [-0.4, -0.2) is 39.9 Å². The Bertz CT molecular complexity index is 468. The number of anilines is 1. The van der Waals surface area contributed by atoms with Gasteiger partial charge in [-0.05, 0) is 25.3 Å². The maximum atomic E-state index is 12.2.